The van der Waals surface area contributed by atoms with Gasteiger partial charge in [-0.2, -0.15) is 5.10 Å². The number of anilines is 1. The van der Waals surface area contributed by atoms with Gasteiger partial charge in [0, 0.05) is 32.7 Å². The van der Waals surface area contributed by atoms with Gasteiger partial charge in [-0.05, 0) is 19.9 Å². The van der Waals surface area contributed by atoms with Crippen LogP contribution in [0, 0.1) is 6.92 Å². The summed E-state index contributed by atoms with van der Waals surface area (Å²) in [6, 6.07) is 1.81. The van der Waals surface area contributed by atoms with E-state index in [4.69, 9.17) is 0 Å². The summed E-state index contributed by atoms with van der Waals surface area (Å²) < 4.78 is 26.2. The molecule has 0 radical (unpaired) electrons. The van der Waals surface area contributed by atoms with Gasteiger partial charge in [-0.3, -0.25) is 14.4 Å². The van der Waals surface area contributed by atoms with Crippen LogP contribution in [0.4, 0.5) is 5.82 Å². The second kappa shape index (κ2) is 6.76. The largest absolute Gasteiger partial charge is 0.310 e. The minimum absolute atomic E-state index is 0.115. The van der Waals surface area contributed by atoms with Gasteiger partial charge in [-0.1, -0.05) is 0 Å². The predicted octanol–water partition coefficient (Wildman–Crippen LogP) is -0.366. The Morgan fingerprint density at radius 3 is 2.64 bits per heavy atom. The Hall–Kier alpha value is -1.45. The van der Waals surface area contributed by atoms with Crippen molar-refractivity contribution >= 4 is 21.7 Å². The van der Waals surface area contributed by atoms with Crippen molar-refractivity contribution < 1.29 is 13.2 Å². The Morgan fingerprint density at radius 2 is 2.05 bits per heavy atom. The topological polar surface area (TPSA) is 87.5 Å². The Kier molecular flexibility index (Phi) is 5.20. The van der Waals surface area contributed by atoms with Crippen molar-refractivity contribution in [3.8, 4) is 0 Å². The SMILES string of the molecule is Cc1cc(NC(=O)CN2CCCN(S(C)(=O)=O)CC2)n(C)n1. The summed E-state index contributed by atoms with van der Waals surface area (Å²) in [5, 5.41) is 7.01. The maximum absolute atomic E-state index is 12.1. The smallest absolute Gasteiger partial charge is 0.239 e. The van der Waals surface area contributed by atoms with Crippen molar-refractivity contribution in [2.45, 2.75) is 13.3 Å². The zero-order valence-corrected chi connectivity index (χ0v) is 14.1. The maximum atomic E-state index is 12.1. The van der Waals surface area contributed by atoms with Crippen molar-refractivity contribution in [2.75, 3.05) is 44.3 Å². The Balaban J connectivity index is 1.88. The van der Waals surface area contributed by atoms with Gasteiger partial charge in [0.15, 0.2) is 0 Å². The Bertz CT molecular complexity index is 640. The fourth-order valence-corrected chi connectivity index (χ4v) is 3.42. The first-order valence-corrected chi connectivity index (χ1v) is 9.08. The molecule has 1 aromatic rings. The van der Waals surface area contributed by atoms with E-state index >= 15 is 0 Å². The predicted molar refractivity (Wildman–Crippen MR) is 84.0 cm³/mol. The molecule has 9 heteroatoms. The van der Waals surface area contributed by atoms with Crippen molar-refractivity contribution in [1.82, 2.24) is 19.0 Å². The number of aryl methyl sites for hydroxylation is 2. The first-order valence-electron chi connectivity index (χ1n) is 7.23. The van der Waals surface area contributed by atoms with Crippen molar-refractivity contribution in [3.05, 3.63) is 11.8 Å². The highest BCUT2D eigenvalue weighted by molar-refractivity contribution is 7.88. The van der Waals surface area contributed by atoms with Crippen molar-refractivity contribution in [1.29, 1.82) is 0 Å². The molecule has 0 bridgehead atoms. The molecule has 1 aliphatic rings. The molecule has 0 saturated carbocycles. The number of aromatic nitrogens is 2. The molecule has 2 rings (SSSR count). The molecule has 0 aliphatic carbocycles. The lowest BCUT2D eigenvalue weighted by molar-refractivity contribution is -0.117. The van der Waals surface area contributed by atoms with Gasteiger partial charge in [-0.25, -0.2) is 12.7 Å². The second-order valence-corrected chi connectivity index (χ2v) is 7.62. The minimum Gasteiger partial charge on any atom is -0.310 e. The minimum atomic E-state index is -3.16. The number of sulfonamides is 1. The van der Waals surface area contributed by atoms with Gasteiger partial charge in [-0.15, -0.1) is 0 Å². The van der Waals surface area contributed by atoms with E-state index in [0.717, 1.165) is 12.1 Å². The summed E-state index contributed by atoms with van der Waals surface area (Å²) >= 11 is 0. The molecule has 0 unspecified atom stereocenters. The highest BCUT2D eigenvalue weighted by Crippen LogP contribution is 2.09. The summed E-state index contributed by atoms with van der Waals surface area (Å²) in [4.78, 5) is 14.1. The Labute approximate surface area is 131 Å². The molecule has 1 amide bonds. The monoisotopic (exact) mass is 329 g/mol. The first kappa shape index (κ1) is 16.9. The molecule has 124 valence electrons. The van der Waals surface area contributed by atoms with Crippen LogP contribution in [0.25, 0.3) is 0 Å². The fourth-order valence-electron chi connectivity index (χ4n) is 2.55. The van der Waals surface area contributed by atoms with E-state index in [-0.39, 0.29) is 12.5 Å². The van der Waals surface area contributed by atoms with Crippen molar-refractivity contribution in [3.63, 3.8) is 0 Å². The lowest BCUT2D eigenvalue weighted by Crippen LogP contribution is -2.37. The summed E-state index contributed by atoms with van der Waals surface area (Å²) in [5.41, 5.74) is 0.844. The second-order valence-electron chi connectivity index (χ2n) is 5.63. The summed E-state index contributed by atoms with van der Waals surface area (Å²) in [7, 11) is -1.38. The average molecular weight is 329 g/mol. The van der Waals surface area contributed by atoms with Crippen molar-refractivity contribution in [2.24, 2.45) is 7.05 Å². The quantitative estimate of drug-likeness (QED) is 0.815. The summed E-state index contributed by atoms with van der Waals surface area (Å²) in [5.74, 6) is 0.547. The van der Waals surface area contributed by atoms with E-state index < -0.39 is 10.0 Å². The van der Waals surface area contributed by atoms with Gasteiger partial charge in [0.25, 0.3) is 0 Å². The van der Waals surface area contributed by atoms with Crippen LogP contribution in [0.5, 0.6) is 0 Å². The highest BCUT2D eigenvalue weighted by atomic mass is 32.2. The first-order chi connectivity index (χ1) is 10.3. The van der Waals surface area contributed by atoms with E-state index in [1.807, 2.05) is 17.9 Å². The molecule has 0 spiro atoms. The maximum Gasteiger partial charge on any atom is 0.239 e. The molecule has 1 aliphatic heterocycles. The van der Waals surface area contributed by atoms with Crippen LogP contribution in [0.3, 0.4) is 0 Å². The third-order valence-electron chi connectivity index (χ3n) is 3.65. The molecule has 1 aromatic heterocycles. The van der Waals surface area contributed by atoms with E-state index in [2.05, 4.69) is 10.4 Å². The van der Waals surface area contributed by atoms with Gasteiger partial charge in [0.2, 0.25) is 15.9 Å². The van der Waals surface area contributed by atoms with E-state index in [9.17, 15) is 13.2 Å². The standard InChI is InChI=1S/C13H23N5O3S/c1-11-9-12(16(2)15-11)14-13(19)10-17-5-4-6-18(8-7-17)22(3,20)21/h9H,4-8,10H2,1-3H3,(H,14,19). The number of carbonyl (C=O) groups is 1. The number of carbonyl (C=O) groups excluding carboxylic acids is 1. The number of hydrogen-bond donors (Lipinski definition) is 1. The lowest BCUT2D eigenvalue weighted by Gasteiger charge is -2.20. The van der Waals surface area contributed by atoms with Gasteiger partial charge in [0.1, 0.15) is 5.82 Å². The molecule has 0 aromatic carbocycles. The Morgan fingerprint density at radius 1 is 1.32 bits per heavy atom. The van der Waals surface area contributed by atoms with Crippen LogP contribution in [0.15, 0.2) is 6.07 Å². The van der Waals surface area contributed by atoms with Crippen LogP contribution < -0.4 is 5.32 Å². The summed E-state index contributed by atoms with van der Waals surface area (Å²) in [6.07, 6.45) is 1.95. The molecule has 1 saturated heterocycles. The van der Waals surface area contributed by atoms with Crippen LogP contribution in [-0.4, -0.2) is 72.3 Å². The molecular weight excluding hydrogens is 306 g/mol. The van der Waals surface area contributed by atoms with Crippen LogP contribution >= 0.6 is 0 Å². The number of amides is 1. The van der Waals surface area contributed by atoms with E-state index in [0.29, 0.717) is 32.0 Å². The highest BCUT2D eigenvalue weighted by Gasteiger charge is 2.22. The summed E-state index contributed by atoms with van der Waals surface area (Å²) in [6.45, 7) is 4.33. The third-order valence-corrected chi connectivity index (χ3v) is 4.96. The molecular formula is C13H23N5O3S. The van der Waals surface area contributed by atoms with Crippen LogP contribution in [0.1, 0.15) is 12.1 Å². The van der Waals surface area contributed by atoms with E-state index in [1.165, 1.54) is 10.6 Å². The van der Waals surface area contributed by atoms with Gasteiger partial charge >= 0.3 is 0 Å². The molecule has 1 N–H and O–H groups in total. The molecule has 8 nitrogen and oxygen atoms in total. The fraction of sp³-hybridized carbons (Fsp3) is 0.692. The number of nitrogens with zero attached hydrogens (tertiary/aromatic N) is 4. The molecule has 2 heterocycles. The number of hydrogen-bond acceptors (Lipinski definition) is 5. The van der Waals surface area contributed by atoms with Crippen LogP contribution in [-0.2, 0) is 21.9 Å². The third kappa shape index (κ3) is 4.52. The van der Waals surface area contributed by atoms with Crippen LogP contribution in [0.2, 0.25) is 0 Å². The average Bonchev–Trinajstić information content (AvgIpc) is 2.61. The zero-order chi connectivity index (χ0) is 16.3. The van der Waals surface area contributed by atoms with E-state index in [1.54, 1.807) is 11.7 Å². The normalized spacial score (nSPS) is 18.1. The molecule has 1 fully saturated rings. The lowest BCUT2D eigenvalue weighted by atomic mass is 10.4. The number of rotatable bonds is 4. The zero-order valence-electron chi connectivity index (χ0n) is 13.2. The van der Waals surface area contributed by atoms with Gasteiger partial charge in [0.05, 0.1) is 18.5 Å². The number of nitrogens with one attached hydrogen (secondary N) is 1. The molecule has 22 heavy (non-hydrogen) atoms. The van der Waals surface area contributed by atoms with Gasteiger partial charge < -0.3 is 5.32 Å². The molecule has 0 atom stereocenters.